The van der Waals surface area contributed by atoms with Crippen molar-refractivity contribution in [1.82, 2.24) is 15.3 Å². The molecule has 0 bridgehead atoms. The fraction of sp³-hybridized carbons (Fsp3) is 0.250. The smallest absolute Gasteiger partial charge is 0.219 e. The molecule has 7 heteroatoms. The Labute approximate surface area is 205 Å². The molecule has 0 fully saturated rings. The fourth-order valence-corrected chi connectivity index (χ4v) is 3.82. The van der Waals surface area contributed by atoms with E-state index in [1.165, 1.54) is 0 Å². The number of aliphatic hydroxyl groups excluding tert-OH is 1. The fourth-order valence-electron chi connectivity index (χ4n) is 3.82. The van der Waals surface area contributed by atoms with E-state index in [1.54, 1.807) is 12.3 Å². The standard InChI is InChI=1S/C28H32N4O3/c1-19(29)21-9-12-27(31-16-21)35-23-10-7-20(8-11-23)15-28(2,3)32-17-22(33)18-34-26-6-4-5-25-24(26)13-14-30-25/h4-14,16,22,30,32-33H,1,15,17-18,29H2,2-3H3/t22-/m0/s1. The van der Waals surface area contributed by atoms with E-state index in [0.717, 1.165) is 34.2 Å². The van der Waals surface area contributed by atoms with Gasteiger partial charge in [0.15, 0.2) is 0 Å². The maximum atomic E-state index is 10.5. The van der Waals surface area contributed by atoms with Crippen LogP contribution in [0, 0.1) is 0 Å². The van der Waals surface area contributed by atoms with Crippen molar-refractivity contribution in [1.29, 1.82) is 0 Å². The molecule has 0 aliphatic carbocycles. The Hall–Kier alpha value is -3.81. The summed E-state index contributed by atoms with van der Waals surface area (Å²) in [6, 6.07) is 19.3. The molecule has 0 saturated carbocycles. The number of aromatic amines is 1. The monoisotopic (exact) mass is 472 g/mol. The van der Waals surface area contributed by atoms with Gasteiger partial charge in [0, 0.05) is 52.7 Å². The summed E-state index contributed by atoms with van der Waals surface area (Å²) in [6.07, 6.45) is 3.68. The van der Waals surface area contributed by atoms with E-state index in [4.69, 9.17) is 15.2 Å². The van der Waals surface area contributed by atoms with Crippen LogP contribution in [0.15, 0.2) is 79.6 Å². The van der Waals surface area contributed by atoms with Gasteiger partial charge in [-0.1, -0.05) is 24.8 Å². The van der Waals surface area contributed by atoms with Gasteiger partial charge in [-0.05, 0) is 62.2 Å². The van der Waals surface area contributed by atoms with Gasteiger partial charge in [0.1, 0.15) is 24.2 Å². The van der Waals surface area contributed by atoms with Crippen molar-refractivity contribution in [3.8, 4) is 17.4 Å². The van der Waals surface area contributed by atoms with Crippen molar-refractivity contribution in [2.75, 3.05) is 13.2 Å². The number of ether oxygens (including phenoxy) is 2. The molecule has 0 aliphatic rings. The molecule has 4 rings (SSSR count). The van der Waals surface area contributed by atoms with Gasteiger partial charge in [0.05, 0.1) is 0 Å². The number of β-amino-alcohol motifs (C(OH)–C–C–N with tert-alkyl or cyclic N) is 1. The Bertz CT molecular complexity index is 1260. The highest BCUT2D eigenvalue weighted by Crippen LogP contribution is 2.25. The van der Waals surface area contributed by atoms with Gasteiger partial charge >= 0.3 is 0 Å². The summed E-state index contributed by atoms with van der Waals surface area (Å²) < 4.78 is 11.7. The first kappa shape index (κ1) is 24.3. The number of hydrogen-bond acceptors (Lipinski definition) is 6. The van der Waals surface area contributed by atoms with Crippen LogP contribution in [0.5, 0.6) is 17.4 Å². The van der Waals surface area contributed by atoms with Crippen LogP contribution in [-0.2, 0) is 6.42 Å². The molecular weight excluding hydrogens is 440 g/mol. The zero-order chi connectivity index (χ0) is 24.8. The molecule has 7 nitrogen and oxygen atoms in total. The van der Waals surface area contributed by atoms with E-state index in [-0.39, 0.29) is 12.1 Å². The van der Waals surface area contributed by atoms with E-state index >= 15 is 0 Å². The number of nitrogens with one attached hydrogen (secondary N) is 2. The van der Waals surface area contributed by atoms with Crippen molar-refractivity contribution in [2.45, 2.75) is 31.9 Å². The predicted octanol–water partition coefficient (Wildman–Crippen LogP) is 4.64. The lowest BCUT2D eigenvalue weighted by molar-refractivity contribution is 0.0996. The van der Waals surface area contributed by atoms with Gasteiger partial charge in [-0.25, -0.2) is 4.98 Å². The van der Waals surface area contributed by atoms with Gasteiger partial charge in [-0.3, -0.25) is 0 Å². The van der Waals surface area contributed by atoms with Crippen LogP contribution >= 0.6 is 0 Å². The van der Waals surface area contributed by atoms with Crippen LogP contribution in [0.2, 0.25) is 0 Å². The molecule has 0 radical (unpaired) electrons. The molecule has 2 aromatic carbocycles. The Morgan fingerprint density at radius 3 is 2.66 bits per heavy atom. The number of hydrogen-bond donors (Lipinski definition) is 4. The predicted molar refractivity (Wildman–Crippen MR) is 140 cm³/mol. The average molecular weight is 473 g/mol. The minimum atomic E-state index is -0.630. The molecule has 182 valence electrons. The maximum Gasteiger partial charge on any atom is 0.219 e. The Kier molecular flexibility index (Phi) is 7.39. The van der Waals surface area contributed by atoms with Crippen molar-refractivity contribution in [3.05, 3.63) is 90.8 Å². The highest BCUT2D eigenvalue weighted by atomic mass is 16.5. The van der Waals surface area contributed by atoms with Crippen LogP contribution in [-0.4, -0.2) is 39.9 Å². The molecule has 0 aliphatic heterocycles. The maximum absolute atomic E-state index is 10.5. The van der Waals surface area contributed by atoms with E-state index in [1.807, 2.05) is 60.8 Å². The molecule has 1 atom stereocenters. The molecule has 5 N–H and O–H groups in total. The molecule has 0 spiro atoms. The van der Waals surface area contributed by atoms with Crippen LogP contribution in [0.25, 0.3) is 16.6 Å². The number of pyridine rings is 1. The molecular formula is C28H32N4O3. The van der Waals surface area contributed by atoms with E-state index < -0.39 is 6.10 Å². The first-order chi connectivity index (χ1) is 16.8. The number of aliphatic hydroxyl groups is 1. The van der Waals surface area contributed by atoms with Crippen molar-refractivity contribution < 1.29 is 14.6 Å². The van der Waals surface area contributed by atoms with Crippen LogP contribution in [0.1, 0.15) is 25.0 Å². The second kappa shape index (κ2) is 10.6. The normalized spacial score (nSPS) is 12.4. The Morgan fingerprint density at radius 1 is 1.14 bits per heavy atom. The summed E-state index contributed by atoms with van der Waals surface area (Å²) in [4.78, 5) is 7.42. The highest BCUT2D eigenvalue weighted by Gasteiger charge is 2.20. The van der Waals surface area contributed by atoms with Gasteiger partial charge in [-0.2, -0.15) is 0 Å². The Morgan fingerprint density at radius 2 is 1.94 bits per heavy atom. The van der Waals surface area contributed by atoms with Crippen molar-refractivity contribution in [2.24, 2.45) is 5.73 Å². The van der Waals surface area contributed by atoms with Gasteiger partial charge in [-0.15, -0.1) is 0 Å². The average Bonchev–Trinajstić information content (AvgIpc) is 3.32. The zero-order valence-corrected chi connectivity index (χ0v) is 20.1. The minimum absolute atomic E-state index is 0.216. The third-order valence-corrected chi connectivity index (χ3v) is 5.70. The van der Waals surface area contributed by atoms with Crippen LogP contribution in [0.4, 0.5) is 0 Å². The number of H-pyrrole nitrogens is 1. The molecule has 0 saturated heterocycles. The van der Waals surface area contributed by atoms with E-state index in [9.17, 15) is 5.11 Å². The summed E-state index contributed by atoms with van der Waals surface area (Å²) in [5.74, 6) is 1.96. The summed E-state index contributed by atoms with van der Waals surface area (Å²) >= 11 is 0. The lowest BCUT2D eigenvalue weighted by atomic mass is 9.94. The zero-order valence-electron chi connectivity index (χ0n) is 20.1. The molecule has 4 aromatic rings. The summed E-state index contributed by atoms with van der Waals surface area (Å²) in [6.45, 7) is 8.57. The number of nitrogens with zero attached hydrogens (tertiary/aromatic N) is 1. The minimum Gasteiger partial charge on any atom is -0.490 e. The number of rotatable bonds is 11. The molecule has 35 heavy (non-hydrogen) atoms. The van der Waals surface area contributed by atoms with Crippen LogP contribution in [0.3, 0.4) is 0 Å². The summed E-state index contributed by atoms with van der Waals surface area (Å²) in [7, 11) is 0. The van der Waals surface area contributed by atoms with E-state index in [2.05, 4.69) is 35.7 Å². The second-order valence-corrected chi connectivity index (χ2v) is 9.26. The van der Waals surface area contributed by atoms with Gasteiger partial charge < -0.3 is 30.6 Å². The highest BCUT2D eigenvalue weighted by molar-refractivity contribution is 5.85. The molecule has 2 aromatic heterocycles. The molecule has 0 amide bonds. The summed E-state index contributed by atoms with van der Waals surface area (Å²) in [5, 5.41) is 14.9. The number of nitrogens with two attached hydrogens (primary N) is 1. The second-order valence-electron chi connectivity index (χ2n) is 9.26. The first-order valence-corrected chi connectivity index (χ1v) is 11.6. The molecule has 0 unspecified atom stereocenters. The van der Waals surface area contributed by atoms with E-state index in [0.29, 0.717) is 23.9 Å². The SMILES string of the molecule is C=C(N)c1ccc(Oc2ccc(CC(C)(C)NC[C@H](O)COc3cccc4[nH]ccc34)cc2)nc1. The lowest BCUT2D eigenvalue weighted by Crippen LogP contribution is -2.46. The van der Waals surface area contributed by atoms with Crippen LogP contribution < -0.4 is 20.5 Å². The molecule has 2 heterocycles. The first-order valence-electron chi connectivity index (χ1n) is 11.6. The van der Waals surface area contributed by atoms with Crippen molar-refractivity contribution in [3.63, 3.8) is 0 Å². The third kappa shape index (κ3) is 6.62. The third-order valence-electron chi connectivity index (χ3n) is 5.70. The van der Waals surface area contributed by atoms with Gasteiger partial charge in [0.25, 0.3) is 0 Å². The van der Waals surface area contributed by atoms with Gasteiger partial charge in [0.2, 0.25) is 5.88 Å². The lowest BCUT2D eigenvalue weighted by Gasteiger charge is -2.28. The topological polar surface area (TPSA) is 105 Å². The summed E-state index contributed by atoms with van der Waals surface area (Å²) in [5.41, 5.74) is 8.87. The Balaban J connectivity index is 1.25. The quantitative estimate of drug-likeness (QED) is 0.254. The number of fused-ring (bicyclic) bond motifs is 1. The largest absolute Gasteiger partial charge is 0.490 e. The number of benzene rings is 2. The van der Waals surface area contributed by atoms with Crippen molar-refractivity contribution >= 4 is 16.6 Å². The number of aromatic nitrogens is 2.